The Hall–Kier alpha value is -1.34. The van der Waals surface area contributed by atoms with E-state index in [1.54, 1.807) is 0 Å². The molecule has 0 saturated carbocycles. The zero-order chi connectivity index (χ0) is 14.4. The number of nitrogens with zero attached hydrogens (tertiary/aromatic N) is 1. The van der Waals surface area contributed by atoms with E-state index in [1.807, 2.05) is 31.7 Å². The van der Waals surface area contributed by atoms with Crippen molar-refractivity contribution in [3.63, 3.8) is 0 Å². The summed E-state index contributed by atoms with van der Waals surface area (Å²) in [5, 5.41) is 8.96. The van der Waals surface area contributed by atoms with Crippen molar-refractivity contribution >= 4 is 11.8 Å². The summed E-state index contributed by atoms with van der Waals surface area (Å²) in [4.78, 5) is 1.22. The van der Waals surface area contributed by atoms with Gasteiger partial charge in [0.25, 0.3) is 0 Å². The van der Waals surface area contributed by atoms with Crippen LogP contribution in [0.5, 0.6) is 11.5 Å². The minimum absolute atomic E-state index is 0.193. The van der Waals surface area contributed by atoms with Crippen LogP contribution in [-0.4, -0.2) is 19.0 Å². The third-order valence-electron chi connectivity index (χ3n) is 3.28. The fraction of sp³-hybridized carbons (Fsp3) is 0.562. The monoisotopic (exact) mass is 291 g/mol. The molecule has 0 aliphatic carbocycles. The molecule has 0 atom stereocenters. The molecule has 0 spiro atoms. The van der Waals surface area contributed by atoms with Crippen molar-refractivity contribution in [2.45, 2.75) is 38.0 Å². The van der Waals surface area contributed by atoms with Gasteiger partial charge in [-0.1, -0.05) is 6.42 Å². The largest absolute Gasteiger partial charge is 0.486 e. The van der Waals surface area contributed by atoms with Gasteiger partial charge in [0.05, 0.1) is 11.5 Å². The second-order valence-electron chi connectivity index (χ2n) is 5.61. The molecule has 0 amide bonds. The number of fused-ring (bicyclic) bond motifs is 1. The summed E-state index contributed by atoms with van der Waals surface area (Å²) in [6, 6.07) is 8.46. The van der Waals surface area contributed by atoms with Crippen molar-refractivity contribution in [1.82, 2.24) is 0 Å². The molecule has 0 aromatic heterocycles. The molecule has 1 aromatic carbocycles. The molecule has 0 bridgehead atoms. The Bertz CT molecular complexity index is 494. The first kappa shape index (κ1) is 15.1. The predicted octanol–water partition coefficient (Wildman–Crippen LogP) is 4.27. The molecule has 0 fully saturated rings. The highest BCUT2D eigenvalue weighted by Crippen LogP contribution is 2.34. The lowest BCUT2D eigenvalue weighted by molar-refractivity contribution is 0.171. The van der Waals surface area contributed by atoms with Gasteiger partial charge >= 0.3 is 0 Å². The molecule has 0 saturated heterocycles. The van der Waals surface area contributed by atoms with Crippen LogP contribution in [0, 0.1) is 16.7 Å². The first-order valence-corrected chi connectivity index (χ1v) is 8.03. The summed E-state index contributed by atoms with van der Waals surface area (Å²) >= 11 is 1.83. The number of benzene rings is 1. The van der Waals surface area contributed by atoms with Gasteiger partial charge < -0.3 is 9.47 Å². The number of hydrogen-bond donors (Lipinski definition) is 0. The van der Waals surface area contributed by atoms with E-state index in [0.29, 0.717) is 13.2 Å². The molecule has 20 heavy (non-hydrogen) atoms. The lowest BCUT2D eigenvalue weighted by atomic mass is 9.89. The van der Waals surface area contributed by atoms with E-state index in [2.05, 4.69) is 18.2 Å². The average Bonchev–Trinajstić information content (AvgIpc) is 2.46. The second-order valence-corrected chi connectivity index (χ2v) is 6.78. The van der Waals surface area contributed by atoms with Crippen LogP contribution in [0.25, 0.3) is 0 Å². The quantitative estimate of drug-likeness (QED) is 0.580. The summed E-state index contributed by atoms with van der Waals surface area (Å²) in [5.41, 5.74) is -0.193. The normalized spacial score (nSPS) is 13.8. The van der Waals surface area contributed by atoms with E-state index in [1.165, 1.54) is 4.90 Å². The third kappa shape index (κ3) is 4.35. The number of rotatable bonds is 6. The summed E-state index contributed by atoms with van der Waals surface area (Å²) in [6.45, 7) is 5.26. The van der Waals surface area contributed by atoms with Crippen molar-refractivity contribution < 1.29 is 9.47 Å². The molecule has 0 N–H and O–H groups in total. The molecule has 1 aromatic rings. The Kier molecular flexibility index (Phi) is 5.19. The fourth-order valence-electron chi connectivity index (χ4n) is 2.03. The molecule has 108 valence electrons. The van der Waals surface area contributed by atoms with Crippen LogP contribution in [0.1, 0.15) is 33.1 Å². The van der Waals surface area contributed by atoms with Crippen LogP contribution < -0.4 is 9.47 Å². The zero-order valence-electron chi connectivity index (χ0n) is 12.1. The molecule has 3 nitrogen and oxygen atoms in total. The minimum Gasteiger partial charge on any atom is -0.486 e. The number of unbranched alkanes of at least 4 members (excludes halogenated alkanes) is 1. The van der Waals surface area contributed by atoms with Gasteiger partial charge in [-0.05, 0) is 50.6 Å². The van der Waals surface area contributed by atoms with Crippen molar-refractivity contribution in [1.29, 1.82) is 5.26 Å². The maximum Gasteiger partial charge on any atom is 0.162 e. The van der Waals surface area contributed by atoms with Gasteiger partial charge in [0.15, 0.2) is 11.5 Å². The minimum atomic E-state index is -0.193. The van der Waals surface area contributed by atoms with Gasteiger partial charge in [-0.15, -0.1) is 11.8 Å². The predicted molar refractivity (Wildman–Crippen MR) is 81.4 cm³/mol. The highest BCUT2D eigenvalue weighted by atomic mass is 32.2. The SMILES string of the molecule is CC(C)(C#N)CCCCSc1ccc2c(c1)OCCO2. The van der Waals surface area contributed by atoms with Gasteiger partial charge in [-0.2, -0.15) is 5.26 Å². The van der Waals surface area contributed by atoms with E-state index in [0.717, 1.165) is 36.5 Å². The topological polar surface area (TPSA) is 42.2 Å². The number of thioether (sulfide) groups is 1. The van der Waals surface area contributed by atoms with Crippen molar-refractivity contribution in [3.8, 4) is 17.6 Å². The van der Waals surface area contributed by atoms with Crippen LogP contribution in [0.2, 0.25) is 0 Å². The smallest absolute Gasteiger partial charge is 0.162 e. The molecular weight excluding hydrogens is 270 g/mol. The maximum atomic E-state index is 8.96. The van der Waals surface area contributed by atoms with Gasteiger partial charge in [-0.3, -0.25) is 0 Å². The van der Waals surface area contributed by atoms with Gasteiger partial charge in [-0.25, -0.2) is 0 Å². The van der Waals surface area contributed by atoms with Crippen molar-refractivity contribution in [3.05, 3.63) is 18.2 Å². The lowest BCUT2D eigenvalue weighted by Gasteiger charge is -2.18. The Morgan fingerprint density at radius 3 is 2.70 bits per heavy atom. The standard InChI is InChI=1S/C16H21NO2S/c1-16(2,12-17)7-3-4-10-20-13-5-6-14-15(11-13)19-9-8-18-14/h5-6,11H,3-4,7-10H2,1-2H3. The van der Waals surface area contributed by atoms with E-state index < -0.39 is 0 Å². The van der Waals surface area contributed by atoms with Gasteiger partial charge in [0.2, 0.25) is 0 Å². The second kappa shape index (κ2) is 6.90. The van der Waals surface area contributed by atoms with E-state index in [9.17, 15) is 0 Å². The van der Waals surface area contributed by atoms with Crippen LogP contribution in [0.15, 0.2) is 23.1 Å². The van der Waals surface area contributed by atoms with Crippen LogP contribution in [0.3, 0.4) is 0 Å². The summed E-state index contributed by atoms with van der Waals surface area (Å²) in [6.07, 6.45) is 3.19. The third-order valence-corrected chi connectivity index (χ3v) is 4.36. The Morgan fingerprint density at radius 1 is 1.20 bits per heavy atom. The first-order valence-electron chi connectivity index (χ1n) is 7.04. The Morgan fingerprint density at radius 2 is 1.95 bits per heavy atom. The Labute approximate surface area is 125 Å². The molecule has 1 aliphatic heterocycles. The molecule has 1 heterocycles. The summed E-state index contributed by atoms with van der Waals surface area (Å²) in [7, 11) is 0. The van der Waals surface area contributed by atoms with Gasteiger partial charge in [0.1, 0.15) is 13.2 Å². The van der Waals surface area contributed by atoms with E-state index in [4.69, 9.17) is 14.7 Å². The lowest BCUT2D eigenvalue weighted by Crippen LogP contribution is -2.15. The van der Waals surface area contributed by atoms with Crippen LogP contribution >= 0.6 is 11.8 Å². The van der Waals surface area contributed by atoms with Crippen LogP contribution in [-0.2, 0) is 0 Å². The van der Waals surface area contributed by atoms with Gasteiger partial charge in [0, 0.05) is 4.90 Å². The zero-order valence-corrected chi connectivity index (χ0v) is 13.0. The summed E-state index contributed by atoms with van der Waals surface area (Å²) < 4.78 is 11.1. The molecule has 1 aliphatic rings. The van der Waals surface area contributed by atoms with Crippen LogP contribution in [0.4, 0.5) is 0 Å². The van der Waals surface area contributed by atoms with Crippen molar-refractivity contribution in [2.24, 2.45) is 5.41 Å². The number of hydrogen-bond acceptors (Lipinski definition) is 4. The van der Waals surface area contributed by atoms with Crippen molar-refractivity contribution in [2.75, 3.05) is 19.0 Å². The average molecular weight is 291 g/mol. The molecule has 0 unspecified atom stereocenters. The van der Waals surface area contributed by atoms with E-state index >= 15 is 0 Å². The Balaban J connectivity index is 1.74. The molecule has 2 rings (SSSR count). The number of ether oxygens (including phenoxy) is 2. The fourth-order valence-corrected chi connectivity index (χ4v) is 2.97. The highest BCUT2D eigenvalue weighted by Gasteiger charge is 2.15. The highest BCUT2D eigenvalue weighted by molar-refractivity contribution is 7.99. The molecular formula is C16H21NO2S. The van der Waals surface area contributed by atoms with E-state index in [-0.39, 0.29) is 5.41 Å². The first-order chi connectivity index (χ1) is 9.61. The maximum absolute atomic E-state index is 8.96. The number of nitriles is 1. The molecule has 0 radical (unpaired) electrons. The summed E-state index contributed by atoms with van der Waals surface area (Å²) in [5.74, 6) is 2.77. The molecule has 4 heteroatoms.